The van der Waals surface area contributed by atoms with Crippen molar-refractivity contribution in [2.75, 3.05) is 18.1 Å². The molecule has 0 atom stereocenters. The van der Waals surface area contributed by atoms with Crippen molar-refractivity contribution in [1.29, 1.82) is 0 Å². The number of fused-ring (bicyclic) bond motifs is 1. The fourth-order valence-electron chi connectivity index (χ4n) is 2.03. The molecule has 2 rings (SSSR count). The van der Waals surface area contributed by atoms with Gasteiger partial charge in [0.2, 0.25) is 0 Å². The van der Waals surface area contributed by atoms with Crippen LogP contribution in [0.15, 0.2) is 30.5 Å². The average Bonchev–Trinajstić information content (AvgIpc) is 2.28. The van der Waals surface area contributed by atoms with Gasteiger partial charge < -0.3 is 9.64 Å². The predicted octanol–water partition coefficient (Wildman–Crippen LogP) is 3.54. The summed E-state index contributed by atoms with van der Waals surface area (Å²) in [5, 5.41) is 0. The molecule has 1 heterocycles. The number of likely N-dealkylation sites (N-methyl/N-ethyl adjacent to an activating group) is 1. The van der Waals surface area contributed by atoms with Gasteiger partial charge in [0.25, 0.3) is 0 Å². The SMILES string of the molecule is C=C1COc2ccc(C(C)C)cc2N1CC. The van der Waals surface area contributed by atoms with Gasteiger partial charge in [0.1, 0.15) is 12.4 Å². The third kappa shape index (κ3) is 1.80. The van der Waals surface area contributed by atoms with Crippen LogP contribution in [0.3, 0.4) is 0 Å². The van der Waals surface area contributed by atoms with Gasteiger partial charge in [-0.15, -0.1) is 0 Å². The van der Waals surface area contributed by atoms with Gasteiger partial charge in [0.05, 0.1) is 5.69 Å². The molecule has 0 saturated carbocycles. The smallest absolute Gasteiger partial charge is 0.143 e. The first-order valence-corrected chi connectivity index (χ1v) is 5.85. The maximum atomic E-state index is 5.66. The lowest BCUT2D eigenvalue weighted by Crippen LogP contribution is -2.29. The molecule has 1 aliphatic rings. The van der Waals surface area contributed by atoms with Gasteiger partial charge in [0.15, 0.2) is 0 Å². The molecule has 0 aromatic heterocycles. The van der Waals surface area contributed by atoms with Crippen LogP contribution in [0.25, 0.3) is 0 Å². The van der Waals surface area contributed by atoms with Crippen molar-refractivity contribution in [3.05, 3.63) is 36.0 Å². The molecule has 2 heteroatoms. The van der Waals surface area contributed by atoms with Crippen LogP contribution in [0.4, 0.5) is 5.69 Å². The molecule has 0 spiro atoms. The van der Waals surface area contributed by atoms with E-state index in [1.807, 2.05) is 0 Å². The lowest BCUT2D eigenvalue weighted by molar-refractivity contribution is 0.336. The van der Waals surface area contributed by atoms with E-state index >= 15 is 0 Å². The predicted molar refractivity (Wildman–Crippen MR) is 68.2 cm³/mol. The van der Waals surface area contributed by atoms with Crippen molar-refractivity contribution in [2.45, 2.75) is 26.7 Å². The number of hydrogen-bond donors (Lipinski definition) is 0. The zero-order valence-electron chi connectivity index (χ0n) is 10.3. The van der Waals surface area contributed by atoms with Gasteiger partial charge in [-0.2, -0.15) is 0 Å². The highest BCUT2D eigenvalue weighted by molar-refractivity contribution is 5.65. The van der Waals surface area contributed by atoms with Crippen molar-refractivity contribution in [2.24, 2.45) is 0 Å². The molecule has 0 bridgehead atoms. The van der Waals surface area contributed by atoms with Gasteiger partial charge in [-0.05, 0) is 30.5 Å². The van der Waals surface area contributed by atoms with Gasteiger partial charge in [-0.1, -0.05) is 26.5 Å². The molecule has 0 unspecified atom stereocenters. The quantitative estimate of drug-likeness (QED) is 0.751. The largest absolute Gasteiger partial charge is 0.485 e. The second-order valence-electron chi connectivity index (χ2n) is 4.48. The Morgan fingerprint density at radius 2 is 2.19 bits per heavy atom. The monoisotopic (exact) mass is 217 g/mol. The lowest BCUT2D eigenvalue weighted by Gasteiger charge is -2.32. The molecule has 0 N–H and O–H groups in total. The van der Waals surface area contributed by atoms with Crippen LogP contribution >= 0.6 is 0 Å². The number of hydrogen-bond acceptors (Lipinski definition) is 2. The van der Waals surface area contributed by atoms with Gasteiger partial charge in [-0.3, -0.25) is 0 Å². The molecule has 2 nitrogen and oxygen atoms in total. The summed E-state index contributed by atoms with van der Waals surface area (Å²) in [7, 11) is 0. The van der Waals surface area contributed by atoms with E-state index in [1.54, 1.807) is 0 Å². The third-order valence-corrected chi connectivity index (χ3v) is 3.03. The van der Waals surface area contributed by atoms with E-state index in [-0.39, 0.29) is 0 Å². The first-order valence-electron chi connectivity index (χ1n) is 5.85. The Kier molecular flexibility index (Phi) is 2.90. The second-order valence-corrected chi connectivity index (χ2v) is 4.48. The van der Waals surface area contributed by atoms with E-state index in [0.717, 1.165) is 23.7 Å². The Hall–Kier alpha value is -1.44. The Morgan fingerprint density at radius 1 is 1.44 bits per heavy atom. The van der Waals surface area contributed by atoms with Gasteiger partial charge in [-0.25, -0.2) is 0 Å². The minimum atomic E-state index is 0.541. The fourth-order valence-corrected chi connectivity index (χ4v) is 2.03. The van der Waals surface area contributed by atoms with Crippen LogP contribution in [-0.2, 0) is 0 Å². The average molecular weight is 217 g/mol. The summed E-state index contributed by atoms with van der Waals surface area (Å²) in [6, 6.07) is 6.43. The Bertz CT molecular complexity index is 409. The van der Waals surface area contributed by atoms with Crippen molar-refractivity contribution >= 4 is 5.69 Å². The highest BCUT2D eigenvalue weighted by Crippen LogP contribution is 2.36. The maximum absolute atomic E-state index is 5.66. The molecule has 1 aliphatic heterocycles. The molecule has 16 heavy (non-hydrogen) atoms. The molecular weight excluding hydrogens is 198 g/mol. The Labute approximate surface area is 97.5 Å². The normalized spacial score (nSPS) is 15.0. The number of benzene rings is 1. The fraction of sp³-hybridized carbons (Fsp3) is 0.429. The van der Waals surface area contributed by atoms with Crippen LogP contribution in [0.2, 0.25) is 0 Å². The highest BCUT2D eigenvalue weighted by Gasteiger charge is 2.20. The summed E-state index contributed by atoms with van der Waals surface area (Å²) in [6.07, 6.45) is 0. The zero-order valence-corrected chi connectivity index (χ0v) is 10.3. The summed E-state index contributed by atoms with van der Waals surface area (Å²) < 4.78 is 5.66. The standard InChI is InChI=1S/C14H19NO/c1-5-15-11(4)9-16-14-7-6-12(10(2)3)8-13(14)15/h6-8,10H,4-5,9H2,1-3H3. The van der Waals surface area contributed by atoms with E-state index in [0.29, 0.717) is 12.5 Å². The van der Waals surface area contributed by atoms with Crippen LogP contribution in [0, 0.1) is 0 Å². The second kappa shape index (κ2) is 4.20. The van der Waals surface area contributed by atoms with Gasteiger partial charge in [0, 0.05) is 12.2 Å². The van der Waals surface area contributed by atoms with Crippen molar-refractivity contribution in [1.82, 2.24) is 0 Å². The maximum Gasteiger partial charge on any atom is 0.143 e. The summed E-state index contributed by atoms with van der Waals surface area (Å²) in [4.78, 5) is 2.23. The molecular formula is C14H19NO. The van der Waals surface area contributed by atoms with E-state index in [4.69, 9.17) is 4.74 Å². The number of anilines is 1. The van der Waals surface area contributed by atoms with E-state index < -0.39 is 0 Å². The van der Waals surface area contributed by atoms with E-state index in [2.05, 4.69) is 50.4 Å². The van der Waals surface area contributed by atoms with Crippen LogP contribution in [0.5, 0.6) is 5.75 Å². The topological polar surface area (TPSA) is 12.5 Å². The minimum absolute atomic E-state index is 0.541. The van der Waals surface area contributed by atoms with Crippen molar-refractivity contribution in [3.8, 4) is 5.75 Å². The zero-order chi connectivity index (χ0) is 11.7. The van der Waals surface area contributed by atoms with E-state index in [1.165, 1.54) is 5.56 Å². The van der Waals surface area contributed by atoms with Gasteiger partial charge >= 0.3 is 0 Å². The van der Waals surface area contributed by atoms with Crippen molar-refractivity contribution in [3.63, 3.8) is 0 Å². The highest BCUT2D eigenvalue weighted by atomic mass is 16.5. The summed E-state index contributed by atoms with van der Waals surface area (Å²) >= 11 is 0. The van der Waals surface area contributed by atoms with Crippen LogP contribution in [-0.4, -0.2) is 13.2 Å². The lowest BCUT2D eigenvalue weighted by atomic mass is 10.0. The summed E-state index contributed by atoms with van der Waals surface area (Å²) in [6.45, 7) is 12.1. The molecule has 0 aliphatic carbocycles. The molecule has 0 radical (unpaired) electrons. The van der Waals surface area contributed by atoms with Crippen molar-refractivity contribution < 1.29 is 4.74 Å². The Balaban J connectivity index is 2.45. The summed E-state index contributed by atoms with van der Waals surface area (Å²) in [5.41, 5.74) is 3.54. The van der Waals surface area contributed by atoms with Crippen LogP contribution in [0.1, 0.15) is 32.3 Å². The molecule has 1 aromatic rings. The molecule has 0 fully saturated rings. The Morgan fingerprint density at radius 3 is 2.81 bits per heavy atom. The summed E-state index contributed by atoms with van der Waals surface area (Å²) in [5.74, 6) is 1.51. The number of nitrogens with zero attached hydrogens (tertiary/aromatic N) is 1. The first-order chi connectivity index (χ1) is 7.63. The molecule has 1 aromatic carbocycles. The first kappa shape index (κ1) is 11.1. The molecule has 86 valence electrons. The van der Waals surface area contributed by atoms with E-state index in [9.17, 15) is 0 Å². The third-order valence-electron chi connectivity index (χ3n) is 3.03. The molecule has 0 saturated heterocycles. The minimum Gasteiger partial charge on any atom is -0.485 e. The van der Waals surface area contributed by atoms with Crippen LogP contribution < -0.4 is 9.64 Å². The molecule has 0 amide bonds. The number of rotatable bonds is 2. The number of ether oxygens (including phenoxy) is 1.